The molecule has 2 heterocycles. The number of fused-ring (bicyclic) bond motifs is 5. The van der Waals surface area contributed by atoms with E-state index in [0.717, 1.165) is 0 Å². The van der Waals surface area contributed by atoms with Gasteiger partial charge < -0.3 is 4.90 Å². The Labute approximate surface area is 281 Å². The number of anilines is 3. The van der Waals surface area contributed by atoms with Gasteiger partial charge in [-0.15, -0.1) is 11.3 Å². The van der Waals surface area contributed by atoms with E-state index in [-0.39, 0.29) is 17.5 Å². The molecule has 1 aliphatic heterocycles. The Morgan fingerprint density at radius 1 is 0.630 bits per heavy atom. The van der Waals surface area contributed by atoms with Gasteiger partial charge in [-0.3, -0.25) is 0 Å². The van der Waals surface area contributed by atoms with Crippen LogP contribution in [0.2, 0.25) is 0 Å². The summed E-state index contributed by atoms with van der Waals surface area (Å²) >= 11 is 2.03. The zero-order valence-electron chi connectivity index (χ0n) is 29.3. The van der Waals surface area contributed by atoms with Crippen LogP contribution in [-0.2, 0) is 21.7 Å². The van der Waals surface area contributed by atoms with E-state index in [1.807, 2.05) is 11.3 Å². The van der Waals surface area contributed by atoms with Gasteiger partial charge in [0.05, 0.1) is 0 Å². The number of thiophene rings is 1. The first-order chi connectivity index (χ1) is 21.6. The molecule has 0 unspecified atom stereocenters. The first-order valence-electron chi connectivity index (χ1n) is 17.4. The maximum atomic E-state index is 2.60. The van der Waals surface area contributed by atoms with Crippen LogP contribution >= 0.6 is 11.3 Å². The Balaban J connectivity index is 1.35. The minimum absolute atomic E-state index is 0.0652. The van der Waals surface area contributed by atoms with Crippen molar-refractivity contribution in [2.24, 2.45) is 0 Å². The summed E-state index contributed by atoms with van der Waals surface area (Å²) in [5.74, 6) is 0. The van der Waals surface area contributed by atoms with E-state index in [4.69, 9.17) is 0 Å². The fraction of sp³-hybridized carbons (Fsp3) is 0.395. The number of nitrogens with zero attached hydrogens (tertiary/aromatic N) is 1. The molecule has 0 radical (unpaired) electrons. The normalized spacial score (nSPS) is 22.2. The van der Waals surface area contributed by atoms with Gasteiger partial charge in [0.2, 0.25) is 0 Å². The van der Waals surface area contributed by atoms with Crippen LogP contribution in [0.25, 0.3) is 10.1 Å². The van der Waals surface area contributed by atoms with Crippen molar-refractivity contribution >= 4 is 60.9 Å². The quantitative estimate of drug-likeness (QED) is 0.174. The highest BCUT2D eigenvalue weighted by atomic mass is 32.1. The standard InChI is InChI=1S/C43H48BNS/c1-27-10-16-34-37(22-27)45(31-14-11-29(12-15-31)40(2,3)4)36-17-13-30(41(5,6)7)25-35(36)44(34)39-24-28-23-32-33(26-38(28)46-39)43(9)20-18-42(32,8)19-21-43/h10-17,22-26H,18-21H2,1-9H3. The number of hydrogen-bond acceptors (Lipinski definition) is 2. The monoisotopic (exact) mass is 621 g/mol. The largest absolute Gasteiger partial charge is 0.312 e. The molecule has 9 rings (SSSR count). The molecule has 4 aromatic carbocycles. The van der Waals surface area contributed by atoms with Crippen molar-refractivity contribution < 1.29 is 0 Å². The highest BCUT2D eigenvalue weighted by Gasteiger charge is 2.48. The van der Waals surface area contributed by atoms with E-state index in [9.17, 15) is 0 Å². The lowest BCUT2D eigenvalue weighted by atomic mass is 9.37. The van der Waals surface area contributed by atoms with Crippen LogP contribution in [0, 0.1) is 6.92 Å². The molecule has 0 saturated heterocycles. The SMILES string of the molecule is Cc1ccc2c(c1)N(c1ccc(C(C)(C)C)cc1)c1ccc(C(C)(C)C)cc1B2c1cc2cc3c(cc2s1)C1(C)CCC3(C)CC1. The molecule has 3 aliphatic carbocycles. The van der Waals surface area contributed by atoms with E-state index >= 15 is 0 Å². The van der Waals surface area contributed by atoms with Crippen molar-refractivity contribution in [2.75, 3.05) is 4.90 Å². The van der Waals surface area contributed by atoms with E-state index in [1.54, 1.807) is 11.1 Å². The number of hydrogen-bond donors (Lipinski definition) is 0. The van der Waals surface area contributed by atoms with Crippen LogP contribution < -0.4 is 20.6 Å². The molecule has 3 heteroatoms. The molecule has 1 nitrogen and oxygen atoms in total. The van der Waals surface area contributed by atoms with Crippen LogP contribution in [0.4, 0.5) is 17.1 Å². The molecular formula is C43H48BNS. The third kappa shape index (κ3) is 4.55. The fourth-order valence-electron chi connectivity index (χ4n) is 8.68. The van der Waals surface area contributed by atoms with Crippen LogP contribution in [0.15, 0.2) is 78.9 Å². The molecule has 0 N–H and O–H groups in total. The highest BCUT2D eigenvalue weighted by molar-refractivity contribution is 7.32. The Morgan fingerprint density at radius 2 is 1.24 bits per heavy atom. The zero-order valence-corrected chi connectivity index (χ0v) is 30.1. The van der Waals surface area contributed by atoms with Crippen molar-refractivity contribution in [1.82, 2.24) is 0 Å². The van der Waals surface area contributed by atoms with Gasteiger partial charge in [0.15, 0.2) is 0 Å². The van der Waals surface area contributed by atoms with Crippen molar-refractivity contribution in [3.63, 3.8) is 0 Å². The molecule has 4 aliphatic rings. The third-order valence-corrected chi connectivity index (χ3v) is 13.1. The highest BCUT2D eigenvalue weighted by Crippen LogP contribution is 2.57. The molecule has 5 aromatic rings. The van der Waals surface area contributed by atoms with Gasteiger partial charge in [-0.05, 0) is 146 Å². The smallest absolute Gasteiger partial charge is 0.259 e. The van der Waals surface area contributed by atoms with Gasteiger partial charge in [0, 0.05) is 21.8 Å². The van der Waals surface area contributed by atoms with E-state index in [0.29, 0.717) is 10.8 Å². The van der Waals surface area contributed by atoms with Gasteiger partial charge in [0.25, 0.3) is 6.71 Å². The van der Waals surface area contributed by atoms with Crippen molar-refractivity contribution in [3.05, 3.63) is 107 Å². The summed E-state index contributed by atoms with van der Waals surface area (Å²) in [6.45, 7) is 21.4. The van der Waals surface area contributed by atoms with E-state index in [2.05, 4.69) is 146 Å². The fourth-order valence-corrected chi connectivity index (χ4v) is 9.90. The van der Waals surface area contributed by atoms with Crippen LogP contribution in [0.3, 0.4) is 0 Å². The molecule has 0 spiro atoms. The average Bonchev–Trinajstić information content (AvgIpc) is 3.42. The predicted octanol–water partition coefficient (Wildman–Crippen LogP) is 10.2. The summed E-state index contributed by atoms with van der Waals surface area (Å²) in [5.41, 5.74) is 14.8. The average molecular weight is 622 g/mol. The Morgan fingerprint density at radius 3 is 1.87 bits per heavy atom. The van der Waals surface area contributed by atoms with Gasteiger partial charge in [-0.1, -0.05) is 91.8 Å². The van der Waals surface area contributed by atoms with Crippen LogP contribution in [-0.4, -0.2) is 6.71 Å². The number of benzene rings is 4. The minimum atomic E-state index is 0.0652. The minimum Gasteiger partial charge on any atom is -0.312 e. The lowest BCUT2D eigenvalue weighted by molar-refractivity contribution is 0.188. The van der Waals surface area contributed by atoms with E-state index < -0.39 is 0 Å². The molecule has 1 saturated carbocycles. The molecule has 2 bridgehead atoms. The summed E-state index contributed by atoms with van der Waals surface area (Å²) < 4.78 is 2.91. The van der Waals surface area contributed by atoms with Crippen LogP contribution in [0.1, 0.15) is 109 Å². The molecule has 1 aromatic heterocycles. The zero-order chi connectivity index (χ0) is 32.4. The second-order valence-electron chi connectivity index (χ2n) is 17.4. The Bertz CT molecular complexity index is 1950. The Hall–Kier alpha value is -3.30. The molecule has 234 valence electrons. The third-order valence-electron chi connectivity index (χ3n) is 11.9. The lowest BCUT2D eigenvalue weighted by Crippen LogP contribution is -2.56. The summed E-state index contributed by atoms with van der Waals surface area (Å²) in [4.78, 5) is 2.53. The topological polar surface area (TPSA) is 3.24 Å². The second-order valence-corrected chi connectivity index (χ2v) is 18.5. The van der Waals surface area contributed by atoms with Crippen molar-refractivity contribution in [2.45, 2.75) is 110 Å². The Kier molecular flexibility index (Phi) is 6.45. The maximum Gasteiger partial charge on any atom is 0.259 e. The van der Waals surface area contributed by atoms with E-state index in [1.165, 1.54) is 85.2 Å². The first kappa shape index (κ1) is 30.1. The van der Waals surface area contributed by atoms with Crippen molar-refractivity contribution in [3.8, 4) is 0 Å². The van der Waals surface area contributed by atoms with Gasteiger partial charge in [0.1, 0.15) is 0 Å². The number of rotatable bonds is 2. The van der Waals surface area contributed by atoms with Crippen LogP contribution in [0.5, 0.6) is 0 Å². The molecule has 1 fully saturated rings. The first-order valence-corrected chi connectivity index (χ1v) is 18.2. The molecule has 46 heavy (non-hydrogen) atoms. The maximum absolute atomic E-state index is 2.60. The molecular weight excluding hydrogens is 573 g/mol. The summed E-state index contributed by atoms with van der Waals surface area (Å²) in [6.07, 6.45) is 5.30. The van der Waals surface area contributed by atoms with Gasteiger partial charge >= 0.3 is 0 Å². The summed E-state index contributed by atoms with van der Waals surface area (Å²) in [5, 5.41) is 1.43. The van der Waals surface area contributed by atoms with Gasteiger partial charge in [-0.25, -0.2) is 0 Å². The predicted molar refractivity (Wildman–Crippen MR) is 203 cm³/mol. The summed E-state index contributed by atoms with van der Waals surface area (Å²) in [7, 11) is 0. The van der Waals surface area contributed by atoms with Gasteiger partial charge in [-0.2, -0.15) is 0 Å². The van der Waals surface area contributed by atoms with Crippen molar-refractivity contribution in [1.29, 1.82) is 0 Å². The summed E-state index contributed by atoms with van der Waals surface area (Å²) in [6, 6.07) is 31.5. The molecule has 0 atom stereocenters. The second kappa shape index (κ2) is 9.86. The number of aryl methyl sites for hydroxylation is 1. The lowest BCUT2D eigenvalue weighted by Gasteiger charge is -2.52. The molecule has 0 amide bonds.